The Kier molecular flexibility index (Phi) is 12.0. The van der Waals surface area contributed by atoms with E-state index in [9.17, 15) is 4.79 Å². The van der Waals surface area contributed by atoms with Crippen LogP contribution in [-0.2, 0) is 29.0 Å². The number of nitrogens with zero attached hydrogens (tertiary/aromatic N) is 4. The molecule has 1 aromatic heterocycles. The predicted octanol–water partition coefficient (Wildman–Crippen LogP) is 4.57. The van der Waals surface area contributed by atoms with E-state index in [4.69, 9.17) is 45.4 Å². The van der Waals surface area contributed by atoms with Crippen LogP contribution in [0.4, 0.5) is 0 Å². The number of ether oxygens (including phenoxy) is 1. The van der Waals surface area contributed by atoms with E-state index in [0.29, 0.717) is 59.9 Å². The molecule has 1 heterocycles. The van der Waals surface area contributed by atoms with E-state index in [0.717, 1.165) is 16.8 Å². The number of hydrogen-bond donors (Lipinski definition) is 2. The second-order valence-electron chi connectivity index (χ2n) is 8.99. The second kappa shape index (κ2) is 15.4. The van der Waals surface area contributed by atoms with Crippen LogP contribution in [-0.4, -0.2) is 58.3 Å². The van der Waals surface area contributed by atoms with Crippen LogP contribution in [0.3, 0.4) is 0 Å². The maximum atomic E-state index is 13.1. The molecule has 0 saturated carbocycles. The number of nitriles is 1. The van der Waals surface area contributed by atoms with Crippen molar-refractivity contribution in [1.29, 1.82) is 5.26 Å². The highest BCUT2D eigenvalue weighted by atomic mass is 35.5. The summed E-state index contributed by atoms with van der Waals surface area (Å²) in [5.41, 5.74) is 3.26. The van der Waals surface area contributed by atoms with E-state index in [1.165, 1.54) is 0 Å². The summed E-state index contributed by atoms with van der Waals surface area (Å²) in [7, 11) is 1.63. The highest BCUT2D eigenvalue weighted by Gasteiger charge is 2.20. The van der Waals surface area contributed by atoms with Gasteiger partial charge in [0.15, 0.2) is 5.11 Å². The first-order chi connectivity index (χ1) is 18.8. The Morgan fingerprint density at radius 3 is 2.72 bits per heavy atom. The van der Waals surface area contributed by atoms with Gasteiger partial charge in [-0.05, 0) is 48.0 Å². The fourth-order valence-electron chi connectivity index (χ4n) is 3.97. The predicted molar refractivity (Wildman–Crippen MR) is 158 cm³/mol. The summed E-state index contributed by atoms with van der Waals surface area (Å²) in [6.07, 6.45) is 4.30. The summed E-state index contributed by atoms with van der Waals surface area (Å²) < 4.78 is 7.07. The second-order valence-corrected chi connectivity index (χ2v) is 10.2. The van der Waals surface area contributed by atoms with Crippen LogP contribution >= 0.6 is 35.4 Å². The zero-order valence-corrected chi connectivity index (χ0v) is 24.3. The lowest BCUT2D eigenvalue weighted by Crippen LogP contribution is -2.49. The molecule has 0 aliphatic carbocycles. The number of halogens is 2. The van der Waals surface area contributed by atoms with Crippen molar-refractivity contribution in [3.05, 3.63) is 87.4 Å². The van der Waals surface area contributed by atoms with Crippen LogP contribution in [0, 0.1) is 11.3 Å². The van der Waals surface area contributed by atoms with Crippen LogP contribution < -0.4 is 10.6 Å². The van der Waals surface area contributed by atoms with Gasteiger partial charge in [0.2, 0.25) is 5.91 Å². The van der Waals surface area contributed by atoms with Gasteiger partial charge in [0.25, 0.3) is 0 Å². The molecule has 3 rings (SSSR count). The Morgan fingerprint density at radius 1 is 1.26 bits per heavy atom. The Hall–Kier alpha value is -3.16. The molecule has 0 aliphatic rings. The van der Waals surface area contributed by atoms with Crippen molar-refractivity contribution in [3.8, 4) is 6.07 Å². The minimum atomic E-state index is -0.160. The highest BCUT2D eigenvalue weighted by Crippen LogP contribution is 2.26. The minimum absolute atomic E-state index is 0.109. The molecule has 3 aromatic rings. The molecular weight excluding hydrogens is 555 g/mol. The zero-order valence-electron chi connectivity index (χ0n) is 22.0. The fourth-order valence-corrected chi connectivity index (χ4v) is 4.59. The van der Waals surface area contributed by atoms with Gasteiger partial charge in [-0.2, -0.15) is 5.26 Å². The Morgan fingerprint density at radius 2 is 2.03 bits per heavy atom. The van der Waals surface area contributed by atoms with E-state index >= 15 is 0 Å². The molecule has 39 heavy (non-hydrogen) atoms. The molecule has 206 valence electrons. The molecule has 1 amide bonds. The van der Waals surface area contributed by atoms with Crippen LogP contribution in [0.1, 0.15) is 35.7 Å². The summed E-state index contributed by atoms with van der Waals surface area (Å²) in [4.78, 5) is 19.3. The number of methoxy groups -OCH3 is 1. The first-order valence-electron chi connectivity index (χ1n) is 12.6. The van der Waals surface area contributed by atoms with E-state index in [1.54, 1.807) is 37.8 Å². The first-order valence-corrected chi connectivity index (χ1v) is 13.7. The number of thiocarbonyl (C=S) groups is 1. The Labute approximate surface area is 244 Å². The third kappa shape index (κ3) is 9.22. The number of aromatic nitrogens is 2. The minimum Gasteiger partial charge on any atom is -0.383 e. The Bertz CT molecular complexity index is 1290. The van der Waals surface area contributed by atoms with E-state index < -0.39 is 0 Å². The summed E-state index contributed by atoms with van der Waals surface area (Å²) in [5.74, 6) is -0.109. The molecule has 0 unspecified atom stereocenters. The normalized spacial score (nSPS) is 11.5. The van der Waals surface area contributed by atoms with Gasteiger partial charge in [0.05, 0.1) is 41.0 Å². The van der Waals surface area contributed by atoms with Crippen LogP contribution in [0.15, 0.2) is 55.0 Å². The van der Waals surface area contributed by atoms with Gasteiger partial charge in [-0.25, -0.2) is 4.98 Å². The van der Waals surface area contributed by atoms with E-state index in [1.807, 2.05) is 40.7 Å². The molecule has 0 spiro atoms. The number of carbonyl (C=O) groups is 1. The van der Waals surface area contributed by atoms with Crippen molar-refractivity contribution >= 4 is 46.4 Å². The van der Waals surface area contributed by atoms with Gasteiger partial charge in [0, 0.05) is 51.2 Å². The monoisotopic (exact) mass is 586 g/mol. The summed E-state index contributed by atoms with van der Waals surface area (Å²) in [6.45, 7) is 4.56. The van der Waals surface area contributed by atoms with Crippen molar-refractivity contribution in [2.45, 2.75) is 38.9 Å². The average Bonchev–Trinajstić information content (AvgIpc) is 3.36. The van der Waals surface area contributed by atoms with Gasteiger partial charge >= 0.3 is 0 Å². The number of benzene rings is 2. The third-order valence-electron chi connectivity index (χ3n) is 6.14. The number of rotatable bonds is 13. The molecule has 8 nitrogen and oxygen atoms in total. The quantitative estimate of drug-likeness (QED) is 0.224. The number of nitrogens with one attached hydrogen (secondary N) is 2. The van der Waals surface area contributed by atoms with Gasteiger partial charge in [-0.1, -0.05) is 54.4 Å². The van der Waals surface area contributed by atoms with Crippen LogP contribution in [0.5, 0.6) is 0 Å². The largest absolute Gasteiger partial charge is 0.383 e. The zero-order chi connectivity index (χ0) is 28.2. The van der Waals surface area contributed by atoms with E-state index in [2.05, 4.69) is 21.7 Å². The van der Waals surface area contributed by atoms with Gasteiger partial charge in [0.1, 0.15) is 0 Å². The van der Waals surface area contributed by atoms with Crippen molar-refractivity contribution in [2.24, 2.45) is 0 Å². The lowest BCUT2D eigenvalue weighted by Gasteiger charge is -2.30. The number of amides is 1. The van der Waals surface area contributed by atoms with Crippen molar-refractivity contribution in [3.63, 3.8) is 0 Å². The molecule has 0 aliphatic heterocycles. The lowest BCUT2D eigenvalue weighted by molar-refractivity contribution is -0.121. The standard InChI is InChI=1S/C28H32Cl2N6O2S/c1-3-23(18-35(28(39)33-11-12-38-2)17-22-5-4-6-25(29)27(22)30)34-26(37)13-24-15-32-19-36(24)16-21-9-7-20(14-31)8-10-21/h4-10,15,19,23H,3,11-13,16-18H2,1-2H3,(H,33,39)(H,34,37)/t23-/m0/s1. The molecule has 11 heteroatoms. The molecule has 1 atom stereocenters. The van der Waals surface area contributed by atoms with Crippen LogP contribution in [0.25, 0.3) is 0 Å². The number of carbonyl (C=O) groups excluding carboxylic acids is 1. The summed E-state index contributed by atoms with van der Waals surface area (Å²) >= 11 is 18.4. The lowest BCUT2D eigenvalue weighted by atomic mass is 10.1. The fraction of sp³-hybridized carbons (Fsp3) is 0.357. The molecular formula is C28H32Cl2N6O2S. The summed E-state index contributed by atoms with van der Waals surface area (Å²) in [5, 5.41) is 16.9. The molecule has 0 saturated heterocycles. The van der Waals surface area contributed by atoms with Crippen LogP contribution in [0.2, 0.25) is 10.0 Å². The molecule has 0 bridgehead atoms. The smallest absolute Gasteiger partial charge is 0.226 e. The average molecular weight is 588 g/mol. The maximum absolute atomic E-state index is 13.1. The third-order valence-corrected chi connectivity index (χ3v) is 7.40. The molecule has 0 radical (unpaired) electrons. The van der Waals surface area contributed by atoms with Gasteiger partial charge < -0.3 is 24.8 Å². The van der Waals surface area contributed by atoms with Crippen molar-refractivity contribution < 1.29 is 9.53 Å². The number of hydrogen-bond acceptors (Lipinski definition) is 5. The Balaban J connectivity index is 1.66. The van der Waals surface area contributed by atoms with Gasteiger partial charge in [-0.15, -0.1) is 0 Å². The van der Waals surface area contributed by atoms with Gasteiger partial charge in [-0.3, -0.25) is 4.79 Å². The molecule has 2 aromatic carbocycles. The first kappa shape index (κ1) is 30.4. The maximum Gasteiger partial charge on any atom is 0.226 e. The molecule has 2 N–H and O–H groups in total. The topological polar surface area (TPSA) is 95.2 Å². The SMILES string of the molecule is CC[C@@H](CN(Cc1cccc(Cl)c1Cl)C(=S)NCCOC)NC(=O)Cc1cncn1Cc1ccc(C#N)cc1. The highest BCUT2D eigenvalue weighted by molar-refractivity contribution is 7.80. The van der Waals surface area contributed by atoms with Crippen molar-refractivity contribution in [1.82, 2.24) is 25.1 Å². The summed E-state index contributed by atoms with van der Waals surface area (Å²) in [6, 6.07) is 14.8. The number of imidazole rings is 1. The molecule has 0 fully saturated rings. The van der Waals surface area contributed by atoms with E-state index in [-0.39, 0.29) is 18.4 Å². The van der Waals surface area contributed by atoms with Crippen molar-refractivity contribution in [2.75, 3.05) is 26.8 Å².